The highest BCUT2D eigenvalue weighted by Gasteiger charge is 2.43. The summed E-state index contributed by atoms with van der Waals surface area (Å²) < 4.78 is 5.95. The van der Waals surface area contributed by atoms with Crippen LogP contribution in [-0.2, 0) is 13.0 Å². The maximum absolute atomic E-state index is 12.7. The highest BCUT2D eigenvalue weighted by Crippen LogP contribution is 2.40. The van der Waals surface area contributed by atoms with E-state index >= 15 is 0 Å². The molecule has 1 aromatic carbocycles. The molecular formula is C22H28O4. The molecule has 0 aromatic heterocycles. The molecule has 1 aliphatic rings. The molecule has 0 fully saturated rings. The van der Waals surface area contributed by atoms with Crippen molar-refractivity contribution in [3.8, 4) is 5.75 Å². The smallest absolute Gasteiger partial charge is 0.199 e. The molecule has 1 aliphatic heterocycles. The molecule has 0 aliphatic carbocycles. The standard InChI is InChI=1S/C22H28O4/c1-6-7-8-9-16-15(11-10-14(2)3)12-17-19(24)21(25)22(4,5)26-20(17)18(16)13-23/h6-10,12,21,23,25H,11,13H2,1-5H3. The topological polar surface area (TPSA) is 66.8 Å². The molecule has 0 saturated carbocycles. The number of ether oxygens (including phenoxy) is 1. The zero-order valence-corrected chi connectivity index (χ0v) is 16.2. The zero-order chi connectivity index (χ0) is 19.5. The van der Waals surface area contributed by atoms with E-state index in [0.717, 1.165) is 11.1 Å². The van der Waals surface area contributed by atoms with Gasteiger partial charge in [0, 0.05) is 5.56 Å². The highest BCUT2D eigenvalue weighted by atomic mass is 16.5. The molecule has 4 nitrogen and oxygen atoms in total. The van der Waals surface area contributed by atoms with Crippen molar-refractivity contribution in [2.24, 2.45) is 0 Å². The number of benzene rings is 1. The first kappa shape index (κ1) is 20.1. The van der Waals surface area contributed by atoms with E-state index in [-0.39, 0.29) is 12.4 Å². The van der Waals surface area contributed by atoms with Gasteiger partial charge in [0.15, 0.2) is 11.9 Å². The van der Waals surface area contributed by atoms with Crippen LogP contribution in [0.2, 0.25) is 0 Å². The Balaban J connectivity index is 2.73. The summed E-state index contributed by atoms with van der Waals surface area (Å²) in [5.41, 5.74) is 2.80. The average Bonchev–Trinajstić information content (AvgIpc) is 2.58. The summed E-state index contributed by atoms with van der Waals surface area (Å²) in [5, 5.41) is 20.3. The number of rotatable bonds is 5. The summed E-state index contributed by atoms with van der Waals surface area (Å²) in [7, 11) is 0. The fraction of sp³-hybridized carbons (Fsp3) is 0.409. The molecule has 1 aromatic rings. The van der Waals surface area contributed by atoms with Crippen LogP contribution in [0.5, 0.6) is 5.75 Å². The average molecular weight is 356 g/mol. The Hall–Kier alpha value is -2.17. The van der Waals surface area contributed by atoms with E-state index in [1.165, 1.54) is 5.57 Å². The Kier molecular flexibility index (Phi) is 6.21. The fourth-order valence-electron chi connectivity index (χ4n) is 2.99. The minimum Gasteiger partial charge on any atom is -0.483 e. The third kappa shape index (κ3) is 3.97. The van der Waals surface area contributed by atoms with Crippen LogP contribution in [0, 0.1) is 0 Å². The number of aliphatic hydroxyl groups excluding tert-OH is 2. The number of hydrogen-bond acceptors (Lipinski definition) is 4. The number of aliphatic hydroxyl groups is 2. The SMILES string of the molecule is CC=CC=Cc1c(CC=C(C)C)cc2c(c1CO)OC(C)(C)C(O)C2=O. The Morgan fingerprint density at radius 2 is 2.00 bits per heavy atom. The lowest BCUT2D eigenvalue weighted by molar-refractivity contribution is -0.0260. The van der Waals surface area contributed by atoms with Gasteiger partial charge < -0.3 is 14.9 Å². The minimum absolute atomic E-state index is 0.250. The summed E-state index contributed by atoms with van der Waals surface area (Å²) in [5.74, 6) is 0.00209. The van der Waals surface area contributed by atoms with E-state index in [0.29, 0.717) is 23.3 Å². The van der Waals surface area contributed by atoms with E-state index in [1.54, 1.807) is 19.9 Å². The van der Waals surface area contributed by atoms with Crippen molar-refractivity contribution < 1.29 is 19.7 Å². The van der Waals surface area contributed by atoms with Crippen molar-refractivity contribution in [3.05, 3.63) is 58.2 Å². The molecule has 0 spiro atoms. The van der Waals surface area contributed by atoms with Gasteiger partial charge in [-0.25, -0.2) is 0 Å². The van der Waals surface area contributed by atoms with E-state index in [4.69, 9.17) is 4.74 Å². The van der Waals surface area contributed by atoms with Gasteiger partial charge in [-0.3, -0.25) is 4.79 Å². The third-order valence-electron chi connectivity index (χ3n) is 4.50. The first-order valence-electron chi connectivity index (χ1n) is 8.86. The maximum atomic E-state index is 12.7. The lowest BCUT2D eigenvalue weighted by Gasteiger charge is -2.37. The molecule has 0 amide bonds. The Morgan fingerprint density at radius 3 is 2.58 bits per heavy atom. The van der Waals surface area contributed by atoms with Crippen molar-refractivity contribution in [1.29, 1.82) is 0 Å². The molecule has 0 bridgehead atoms. The van der Waals surface area contributed by atoms with E-state index in [9.17, 15) is 15.0 Å². The van der Waals surface area contributed by atoms with Gasteiger partial charge in [0.1, 0.15) is 11.4 Å². The quantitative estimate of drug-likeness (QED) is 0.618. The van der Waals surface area contributed by atoms with Crippen LogP contribution >= 0.6 is 0 Å². The number of allylic oxidation sites excluding steroid dienone is 5. The van der Waals surface area contributed by atoms with Crippen LogP contribution in [0.3, 0.4) is 0 Å². The molecule has 1 heterocycles. The normalized spacial score (nSPS) is 18.9. The summed E-state index contributed by atoms with van der Waals surface area (Å²) in [6.07, 6.45) is 9.12. The van der Waals surface area contributed by atoms with Gasteiger partial charge in [0.05, 0.1) is 12.2 Å². The van der Waals surface area contributed by atoms with Gasteiger partial charge in [-0.1, -0.05) is 36.0 Å². The van der Waals surface area contributed by atoms with Crippen molar-refractivity contribution in [3.63, 3.8) is 0 Å². The first-order chi connectivity index (χ1) is 12.2. The molecular weight excluding hydrogens is 328 g/mol. The van der Waals surface area contributed by atoms with Gasteiger partial charge in [0.2, 0.25) is 0 Å². The molecule has 26 heavy (non-hydrogen) atoms. The van der Waals surface area contributed by atoms with Gasteiger partial charge in [0.25, 0.3) is 0 Å². The Labute approximate surface area is 155 Å². The zero-order valence-electron chi connectivity index (χ0n) is 16.2. The van der Waals surface area contributed by atoms with Crippen LogP contribution < -0.4 is 4.74 Å². The van der Waals surface area contributed by atoms with Crippen molar-refractivity contribution >= 4 is 11.9 Å². The summed E-state index contributed by atoms with van der Waals surface area (Å²) in [6, 6.07) is 1.78. The number of Topliss-reactive ketones (excluding diaryl/α,β-unsaturated/α-hetero) is 1. The Bertz CT molecular complexity index is 778. The second-order valence-corrected chi connectivity index (χ2v) is 7.31. The minimum atomic E-state index is -1.23. The molecule has 1 unspecified atom stereocenters. The highest BCUT2D eigenvalue weighted by molar-refractivity contribution is 6.04. The summed E-state index contributed by atoms with van der Waals surface area (Å²) in [4.78, 5) is 12.7. The number of ketones is 1. The molecule has 1 atom stereocenters. The largest absolute Gasteiger partial charge is 0.483 e. The lowest BCUT2D eigenvalue weighted by Crippen LogP contribution is -2.50. The third-order valence-corrected chi connectivity index (χ3v) is 4.50. The molecule has 0 saturated heterocycles. The van der Waals surface area contributed by atoms with Gasteiger partial charge >= 0.3 is 0 Å². The van der Waals surface area contributed by atoms with Crippen LogP contribution in [0.4, 0.5) is 0 Å². The van der Waals surface area contributed by atoms with E-state index < -0.39 is 11.7 Å². The summed E-state index contributed by atoms with van der Waals surface area (Å²) in [6.45, 7) is 9.06. The van der Waals surface area contributed by atoms with E-state index in [2.05, 4.69) is 6.08 Å². The van der Waals surface area contributed by atoms with E-state index in [1.807, 2.05) is 45.1 Å². The first-order valence-corrected chi connectivity index (χ1v) is 8.86. The molecule has 140 valence electrons. The molecule has 2 rings (SSSR count). The molecule has 4 heteroatoms. The van der Waals surface area contributed by atoms with Crippen LogP contribution in [0.1, 0.15) is 61.7 Å². The van der Waals surface area contributed by atoms with Gasteiger partial charge in [-0.05, 0) is 58.2 Å². The Morgan fingerprint density at radius 1 is 1.31 bits per heavy atom. The molecule has 0 radical (unpaired) electrons. The maximum Gasteiger partial charge on any atom is 0.199 e. The molecule has 2 N–H and O–H groups in total. The number of hydrogen-bond donors (Lipinski definition) is 2. The van der Waals surface area contributed by atoms with Crippen LogP contribution in [0.15, 0.2) is 35.9 Å². The van der Waals surface area contributed by atoms with Crippen LogP contribution in [0.25, 0.3) is 6.08 Å². The van der Waals surface area contributed by atoms with Crippen molar-refractivity contribution in [2.45, 2.75) is 59.4 Å². The fourth-order valence-corrected chi connectivity index (χ4v) is 2.99. The number of carbonyl (C=O) groups excluding carboxylic acids is 1. The number of fused-ring (bicyclic) bond motifs is 1. The van der Waals surface area contributed by atoms with Crippen LogP contribution in [-0.4, -0.2) is 27.7 Å². The predicted octanol–water partition coefficient (Wildman–Crippen LogP) is 3.99. The van der Waals surface area contributed by atoms with Gasteiger partial charge in [-0.15, -0.1) is 0 Å². The van der Waals surface area contributed by atoms with Crippen molar-refractivity contribution in [1.82, 2.24) is 0 Å². The number of carbonyl (C=O) groups is 1. The summed E-state index contributed by atoms with van der Waals surface area (Å²) >= 11 is 0. The second-order valence-electron chi connectivity index (χ2n) is 7.31. The monoisotopic (exact) mass is 356 g/mol. The lowest BCUT2D eigenvalue weighted by atomic mass is 9.85. The predicted molar refractivity (Wildman–Crippen MR) is 104 cm³/mol. The van der Waals surface area contributed by atoms with Crippen molar-refractivity contribution in [2.75, 3.05) is 0 Å². The van der Waals surface area contributed by atoms with Gasteiger partial charge in [-0.2, -0.15) is 0 Å². The second kappa shape index (κ2) is 8.02.